The number of aliphatic hydroxyl groups excluding tert-OH is 1. The fourth-order valence-electron chi connectivity index (χ4n) is 1.66. The van der Waals surface area contributed by atoms with Gasteiger partial charge >= 0.3 is 0 Å². The molecular weight excluding hydrogens is 319 g/mol. The van der Waals surface area contributed by atoms with Crippen LogP contribution in [0.1, 0.15) is 17.2 Å². The van der Waals surface area contributed by atoms with Gasteiger partial charge in [0.15, 0.2) is 11.6 Å². The molecule has 1 nitrogen and oxygen atoms in total. The van der Waals surface area contributed by atoms with E-state index in [0.29, 0.717) is 24.3 Å². The smallest absolute Gasteiger partial charge is 0.160 e. The fraction of sp³-hybridized carbons (Fsp3) is 0.0769. The Morgan fingerprint density at radius 1 is 0.700 bits per heavy atom. The van der Waals surface area contributed by atoms with Crippen LogP contribution < -0.4 is 0 Å². The van der Waals surface area contributed by atoms with Crippen molar-refractivity contribution in [3.05, 3.63) is 68.7 Å². The fourth-order valence-corrected chi connectivity index (χ4v) is 2.07. The molecule has 0 bridgehead atoms. The molecule has 0 radical (unpaired) electrons. The second-order valence-corrected chi connectivity index (χ2v) is 4.79. The van der Waals surface area contributed by atoms with Gasteiger partial charge in [-0.2, -0.15) is 0 Å². The first kappa shape index (κ1) is 15.1. The predicted octanol–water partition coefficient (Wildman–Crippen LogP) is 4.63. The lowest BCUT2D eigenvalue weighted by atomic mass is 10.0. The largest absolute Gasteiger partial charge is 0.383 e. The first-order chi connectivity index (χ1) is 9.31. The maximum atomic E-state index is 13.7. The quantitative estimate of drug-likeness (QED) is 0.630. The van der Waals surface area contributed by atoms with Crippen molar-refractivity contribution in [1.29, 1.82) is 0 Å². The molecule has 1 N–H and O–H groups in total. The van der Waals surface area contributed by atoms with E-state index in [1.165, 1.54) is 0 Å². The Bertz CT molecular complexity index is 618. The lowest BCUT2D eigenvalue weighted by molar-refractivity contribution is 0.213. The molecule has 0 amide bonds. The maximum absolute atomic E-state index is 13.7. The van der Waals surface area contributed by atoms with Crippen molar-refractivity contribution >= 4 is 23.2 Å². The molecule has 0 saturated carbocycles. The van der Waals surface area contributed by atoms with Crippen molar-refractivity contribution < 1.29 is 22.7 Å². The van der Waals surface area contributed by atoms with Crippen LogP contribution in [0.3, 0.4) is 0 Å². The van der Waals surface area contributed by atoms with Gasteiger partial charge in [0.25, 0.3) is 0 Å². The second-order valence-electron chi connectivity index (χ2n) is 3.98. The summed E-state index contributed by atoms with van der Waals surface area (Å²) in [4.78, 5) is 0. The Morgan fingerprint density at radius 3 is 1.85 bits per heavy atom. The Balaban J connectivity index is 2.54. The van der Waals surface area contributed by atoms with Crippen molar-refractivity contribution in [2.24, 2.45) is 0 Å². The lowest BCUT2D eigenvalue weighted by Gasteiger charge is -2.15. The highest BCUT2D eigenvalue weighted by molar-refractivity contribution is 6.31. The van der Waals surface area contributed by atoms with E-state index < -0.39 is 40.0 Å². The van der Waals surface area contributed by atoms with Crippen molar-refractivity contribution in [2.75, 3.05) is 0 Å². The molecule has 0 aromatic heterocycles. The van der Waals surface area contributed by atoms with E-state index in [1.54, 1.807) is 0 Å². The first-order valence-corrected chi connectivity index (χ1v) is 6.03. The molecule has 0 spiro atoms. The summed E-state index contributed by atoms with van der Waals surface area (Å²) in [7, 11) is 0. The SMILES string of the molecule is OC(c1cc(F)c(Cl)cc1F)c1cc(F)c(F)cc1Cl. The zero-order chi connectivity index (χ0) is 15.0. The molecule has 0 saturated heterocycles. The minimum absolute atomic E-state index is 0.286. The van der Waals surface area contributed by atoms with Crippen molar-refractivity contribution in [3.63, 3.8) is 0 Å². The van der Waals surface area contributed by atoms with Crippen LogP contribution in [0.15, 0.2) is 24.3 Å². The van der Waals surface area contributed by atoms with Crippen LogP contribution in [0.5, 0.6) is 0 Å². The van der Waals surface area contributed by atoms with E-state index >= 15 is 0 Å². The summed E-state index contributed by atoms with van der Waals surface area (Å²) in [6.07, 6.45) is -1.76. The molecular formula is C13H6Cl2F4O. The van der Waals surface area contributed by atoms with E-state index in [9.17, 15) is 22.7 Å². The molecule has 0 aliphatic rings. The summed E-state index contributed by atoms with van der Waals surface area (Å²) in [6, 6.07) is 2.59. The average Bonchev–Trinajstić information content (AvgIpc) is 2.37. The summed E-state index contributed by atoms with van der Waals surface area (Å²) in [6.45, 7) is 0. The summed E-state index contributed by atoms with van der Waals surface area (Å²) in [5, 5.41) is 9.18. The summed E-state index contributed by atoms with van der Waals surface area (Å²) in [5.41, 5.74) is -0.772. The van der Waals surface area contributed by atoms with Crippen molar-refractivity contribution in [1.82, 2.24) is 0 Å². The molecule has 0 aliphatic carbocycles. The third kappa shape index (κ3) is 2.75. The van der Waals surface area contributed by atoms with Gasteiger partial charge in [-0.05, 0) is 24.3 Å². The van der Waals surface area contributed by atoms with Gasteiger partial charge in [-0.3, -0.25) is 0 Å². The zero-order valence-electron chi connectivity index (χ0n) is 9.60. The number of rotatable bonds is 2. The molecule has 1 atom stereocenters. The van der Waals surface area contributed by atoms with Gasteiger partial charge in [0.2, 0.25) is 0 Å². The first-order valence-electron chi connectivity index (χ1n) is 5.28. The Labute approximate surface area is 121 Å². The molecule has 2 aromatic carbocycles. The van der Waals surface area contributed by atoms with Crippen molar-refractivity contribution in [2.45, 2.75) is 6.10 Å². The summed E-state index contributed by atoms with van der Waals surface area (Å²) < 4.78 is 53.0. The predicted molar refractivity (Wildman–Crippen MR) is 66.8 cm³/mol. The van der Waals surface area contributed by atoms with Gasteiger partial charge in [0, 0.05) is 16.1 Å². The Hall–Kier alpha value is -1.30. The zero-order valence-corrected chi connectivity index (χ0v) is 11.1. The van der Waals surface area contributed by atoms with Crippen LogP contribution in [0, 0.1) is 23.3 Å². The lowest BCUT2D eigenvalue weighted by Crippen LogP contribution is -2.05. The van der Waals surface area contributed by atoms with Crippen LogP contribution in [0.25, 0.3) is 0 Å². The average molecular weight is 325 g/mol. The van der Waals surface area contributed by atoms with E-state index in [1.807, 2.05) is 0 Å². The van der Waals surface area contributed by atoms with Gasteiger partial charge in [-0.15, -0.1) is 0 Å². The molecule has 2 aromatic rings. The van der Waals surface area contributed by atoms with E-state index in [0.717, 1.165) is 0 Å². The van der Waals surface area contributed by atoms with Gasteiger partial charge in [0.05, 0.1) is 5.02 Å². The van der Waals surface area contributed by atoms with E-state index in [4.69, 9.17) is 23.2 Å². The minimum atomic E-state index is -1.76. The van der Waals surface area contributed by atoms with Crippen molar-refractivity contribution in [3.8, 4) is 0 Å². The number of halogens is 6. The molecule has 7 heteroatoms. The van der Waals surface area contributed by atoms with Gasteiger partial charge in [-0.1, -0.05) is 23.2 Å². The Morgan fingerprint density at radius 2 is 1.20 bits per heavy atom. The van der Waals surface area contributed by atoms with Gasteiger partial charge < -0.3 is 5.11 Å². The van der Waals surface area contributed by atoms with E-state index in [2.05, 4.69) is 0 Å². The standard InChI is InChI=1S/C13H6Cl2F4O/c14-7-3-12(19)11(18)1-5(7)13(20)6-2-10(17)8(15)4-9(6)16/h1-4,13,20H. The molecule has 0 aliphatic heterocycles. The van der Waals surface area contributed by atoms with Crippen LogP contribution >= 0.6 is 23.2 Å². The highest BCUT2D eigenvalue weighted by atomic mass is 35.5. The molecule has 20 heavy (non-hydrogen) atoms. The number of hydrogen-bond acceptors (Lipinski definition) is 1. The highest BCUT2D eigenvalue weighted by Gasteiger charge is 2.22. The molecule has 106 valence electrons. The molecule has 0 heterocycles. The van der Waals surface area contributed by atoms with Crippen LogP contribution in [0.4, 0.5) is 17.6 Å². The number of benzene rings is 2. The summed E-state index contributed by atoms with van der Waals surface area (Å²) >= 11 is 11.0. The van der Waals surface area contributed by atoms with Crippen LogP contribution in [0.2, 0.25) is 10.0 Å². The highest BCUT2D eigenvalue weighted by Crippen LogP contribution is 2.33. The topological polar surface area (TPSA) is 20.2 Å². The molecule has 1 unspecified atom stereocenters. The monoisotopic (exact) mass is 324 g/mol. The van der Waals surface area contributed by atoms with Gasteiger partial charge in [0.1, 0.15) is 17.7 Å². The van der Waals surface area contributed by atoms with Gasteiger partial charge in [-0.25, -0.2) is 17.6 Å². The van der Waals surface area contributed by atoms with Crippen LogP contribution in [-0.4, -0.2) is 5.11 Å². The normalized spacial score (nSPS) is 12.6. The maximum Gasteiger partial charge on any atom is 0.160 e. The minimum Gasteiger partial charge on any atom is -0.383 e. The number of aliphatic hydroxyl groups is 1. The molecule has 0 fully saturated rings. The summed E-state index contributed by atoms with van der Waals surface area (Å²) in [5.74, 6) is -4.43. The second kappa shape index (κ2) is 5.60. The third-order valence-corrected chi connectivity index (χ3v) is 3.29. The molecule has 2 rings (SSSR count). The third-order valence-electron chi connectivity index (χ3n) is 2.67. The Kier molecular flexibility index (Phi) is 4.22. The van der Waals surface area contributed by atoms with E-state index in [-0.39, 0.29) is 10.6 Å². The van der Waals surface area contributed by atoms with Crippen LogP contribution in [-0.2, 0) is 0 Å². The number of hydrogen-bond donors (Lipinski definition) is 1.